The van der Waals surface area contributed by atoms with Gasteiger partial charge in [0, 0.05) is 37.0 Å². The van der Waals surface area contributed by atoms with Gasteiger partial charge in [0.25, 0.3) is 5.91 Å². The Hall–Kier alpha value is -2.78. The Morgan fingerprint density at radius 3 is 2.60 bits per heavy atom. The van der Waals surface area contributed by atoms with Gasteiger partial charge in [-0.05, 0) is 30.3 Å². The predicted molar refractivity (Wildman–Crippen MR) is 95.5 cm³/mol. The van der Waals surface area contributed by atoms with Crippen molar-refractivity contribution in [2.75, 3.05) is 31.6 Å². The van der Waals surface area contributed by atoms with Crippen LogP contribution in [0.25, 0.3) is 0 Å². The van der Waals surface area contributed by atoms with Crippen LogP contribution in [0.15, 0.2) is 42.7 Å². The molecule has 1 aromatic heterocycles. The number of anilines is 1. The second-order valence-corrected chi connectivity index (χ2v) is 5.91. The number of alkyl halides is 1. The fourth-order valence-corrected chi connectivity index (χ4v) is 2.82. The summed E-state index contributed by atoms with van der Waals surface area (Å²) in [5, 5.41) is 0. The highest BCUT2D eigenvalue weighted by Gasteiger charge is 2.28. The minimum Gasteiger partial charge on any atom is -0.497 e. The molecule has 3 rings (SSSR count). The number of nitrogens with zero attached hydrogens (tertiary/aromatic N) is 4. The van der Waals surface area contributed by atoms with Crippen LogP contribution in [0.3, 0.4) is 0 Å². The van der Waals surface area contributed by atoms with Gasteiger partial charge in [0.2, 0.25) is 5.95 Å². The van der Waals surface area contributed by atoms with Crippen LogP contribution < -0.4 is 9.64 Å². The molecule has 0 spiro atoms. The van der Waals surface area contributed by atoms with E-state index in [0.29, 0.717) is 25.6 Å². The first kappa shape index (κ1) is 17.1. The normalized spacial score (nSPS) is 16.8. The number of piperazine rings is 1. The van der Waals surface area contributed by atoms with E-state index in [0.717, 1.165) is 11.3 Å². The average Bonchev–Trinajstić information content (AvgIpc) is 2.67. The maximum atomic E-state index is 12.3. The molecule has 1 unspecified atom stereocenters. The number of ether oxygens (including phenoxy) is 1. The standard InChI is InChI=1S/C18H17ClN4O2/c1-25-15-6-3-14(4-7-15)5-8-17(24)22-11-12-23(16(19)13-22)18-20-9-2-10-21-18/h2-4,6-7,9-10,16H,11-13H2,1H3. The summed E-state index contributed by atoms with van der Waals surface area (Å²) in [5.41, 5.74) is 0.371. The van der Waals surface area contributed by atoms with Gasteiger partial charge in [0.15, 0.2) is 0 Å². The summed E-state index contributed by atoms with van der Waals surface area (Å²) in [5.74, 6) is 6.62. The van der Waals surface area contributed by atoms with Crippen molar-refractivity contribution in [1.29, 1.82) is 0 Å². The zero-order valence-electron chi connectivity index (χ0n) is 13.7. The Balaban J connectivity index is 1.62. The molecular weight excluding hydrogens is 340 g/mol. The average molecular weight is 357 g/mol. The zero-order chi connectivity index (χ0) is 17.6. The first-order valence-corrected chi connectivity index (χ1v) is 8.24. The van der Waals surface area contributed by atoms with E-state index in [1.54, 1.807) is 30.5 Å². The molecule has 1 fully saturated rings. The second kappa shape index (κ2) is 7.86. The molecule has 1 aliphatic rings. The van der Waals surface area contributed by atoms with Gasteiger partial charge in [-0.3, -0.25) is 4.79 Å². The molecule has 7 heteroatoms. The van der Waals surface area contributed by atoms with Crippen molar-refractivity contribution in [2.24, 2.45) is 0 Å². The Morgan fingerprint density at radius 1 is 1.24 bits per heavy atom. The van der Waals surface area contributed by atoms with E-state index in [1.165, 1.54) is 0 Å². The topological polar surface area (TPSA) is 58.6 Å². The molecule has 1 aliphatic heterocycles. The number of hydrogen-bond donors (Lipinski definition) is 0. The van der Waals surface area contributed by atoms with E-state index in [-0.39, 0.29) is 11.4 Å². The van der Waals surface area contributed by atoms with Crippen LogP contribution in [-0.4, -0.2) is 53.0 Å². The van der Waals surface area contributed by atoms with E-state index in [9.17, 15) is 4.79 Å². The maximum Gasteiger partial charge on any atom is 0.299 e. The largest absolute Gasteiger partial charge is 0.497 e. The Kier molecular flexibility index (Phi) is 5.36. The number of methoxy groups -OCH3 is 1. The molecule has 1 saturated heterocycles. The van der Waals surface area contributed by atoms with Gasteiger partial charge in [-0.25, -0.2) is 9.97 Å². The SMILES string of the molecule is COc1ccc(C#CC(=O)N2CCN(c3ncccn3)C(Cl)C2)cc1. The zero-order valence-corrected chi connectivity index (χ0v) is 14.5. The lowest BCUT2D eigenvalue weighted by Gasteiger charge is -2.37. The van der Waals surface area contributed by atoms with Gasteiger partial charge in [-0.15, -0.1) is 0 Å². The number of amides is 1. The van der Waals surface area contributed by atoms with Gasteiger partial charge in [0.1, 0.15) is 11.3 Å². The molecule has 2 aromatic rings. The van der Waals surface area contributed by atoms with Gasteiger partial charge in [-0.2, -0.15) is 0 Å². The predicted octanol–water partition coefficient (Wildman–Crippen LogP) is 1.75. The number of halogens is 1. The highest BCUT2D eigenvalue weighted by molar-refractivity contribution is 6.22. The Labute approximate surface area is 151 Å². The summed E-state index contributed by atoms with van der Waals surface area (Å²) in [7, 11) is 1.60. The van der Waals surface area contributed by atoms with E-state index >= 15 is 0 Å². The van der Waals surface area contributed by atoms with Crippen LogP contribution >= 0.6 is 11.6 Å². The molecule has 0 radical (unpaired) electrons. The Morgan fingerprint density at radius 2 is 1.96 bits per heavy atom. The van der Waals surface area contributed by atoms with Gasteiger partial charge >= 0.3 is 0 Å². The second-order valence-electron chi connectivity index (χ2n) is 5.41. The molecule has 0 bridgehead atoms. The molecule has 0 aliphatic carbocycles. The smallest absolute Gasteiger partial charge is 0.299 e. The van der Waals surface area contributed by atoms with Crippen LogP contribution in [0.4, 0.5) is 5.95 Å². The summed E-state index contributed by atoms with van der Waals surface area (Å²) in [6.45, 7) is 1.46. The lowest BCUT2D eigenvalue weighted by molar-refractivity contribution is -0.125. The van der Waals surface area contributed by atoms with Crippen molar-refractivity contribution in [3.05, 3.63) is 48.3 Å². The Bertz CT molecular complexity index is 786. The summed E-state index contributed by atoms with van der Waals surface area (Å²) in [4.78, 5) is 24.2. The van der Waals surface area contributed by atoms with Crippen molar-refractivity contribution in [1.82, 2.24) is 14.9 Å². The minimum atomic E-state index is -0.386. The van der Waals surface area contributed by atoms with Crippen LogP contribution in [0, 0.1) is 11.8 Å². The minimum absolute atomic E-state index is 0.241. The highest BCUT2D eigenvalue weighted by atomic mass is 35.5. The third-order valence-corrected chi connectivity index (χ3v) is 4.19. The maximum absolute atomic E-state index is 12.3. The van der Waals surface area contributed by atoms with Crippen molar-refractivity contribution in [3.63, 3.8) is 0 Å². The molecule has 2 heterocycles. The lowest BCUT2D eigenvalue weighted by atomic mass is 10.2. The van der Waals surface area contributed by atoms with E-state index in [2.05, 4.69) is 21.8 Å². The van der Waals surface area contributed by atoms with E-state index in [1.807, 2.05) is 29.2 Å². The van der Waals surface area contributed by atoms with Gasteiger partial charge in [-0.1, -0.05) is 17.5 Å². The summed E-state index contributed by atoms with van der Waals surface area (Å²) in [6, 6.07) is 8.99. The molecule has 25 heavy (non-hydrogen) atoms. The molecule has 128 valence electrons. The number of carbonyl (C=O) groups excluding carboxylic acids is 1. The molecule has 1 atom stereocenters. The third kappa shape index (κ3) is 4.20. The van der Waals surface area contributed by atoms with Crippen LogP contribution in [0.2, 0.25) is 0 Å². The summed E-state index contributed by atoms with van der Waals surface area (Å²) < 4.78 is 5.10. The molecular formula is C18H17ClN4O2. The van der Waals surface area contributed by atoms with Crippen LogP contribution in [0.5, 0.6) is 5.75 Å². The number of rotatable bonds is 2. The number of aromatic nitrogens is 2. The highest BCUT2D eigenvalue weighted by Crippen LogP contribution is 2.18. The van der Waals surface area contributed by atoms with Crippen LogP contribution in [0.1, 0.15) is 5.56 Å². The number of hydrogen-bond acceptors (Lipinski definition) is 5. The summed E-state index contributed by atoms with van der Waals surface area (Å²) in [6.07, 6.45) is 3.34. The first-order chi connectivity index (χ1) is 12.2. The molecule has 1 aromatic carbocycles. The molecule has 0 saturated carbocycles. The van der Waals surface area contributed by atoms with Crippen molar-refractivity contribution in [3.8, 4) is 17.6 Å². The van der Waals surface area contributed by atoms with Crippen molar-refractivity contribution >= 4 is 23.5 Å². The monoisotopic (exact) mass is 356 g/mol. The molecule has 1 amide bonds. The quantitative estimate of drug-likeness (QED) is 0.466. The molecule has 6 nitrogen and oxygen atoms in total. The van der Waals surface area contributed by atoms with Crippen molar-refractivity contribution in [2.45, 2.75) is 5.50 Å². The van der Waals surface area contributed by atoms with E-state index in [4.69, 9.17) is 16.3 Å². The number of carbonyl (C=O) groups is 1. The lowest BCUT2D eigenvalue weighted by Crippen LogP contribution is -2.53. The van der Waals surface area contributed by atoms with Crippen LogP contribution in [-0.2, 0) is 4.79 Å². The first-order valence-electron chi connectivity index (χ1n) is 7.80. The van der Waals surface area contributed by atoms with Gasteiger partial charge < -0.3 is 14.5 Å². The summed E-state index contributed by atoms with van der Waals surface area (Å²) >= 11 is 6.40. The van der Waals surface area contributed by atoms with E-state index < -0.39 is 0 Å². The van der Waals surface area contributed by atoms with Gasteiger partial charge in [0.05, 0.1) is 13.7 Å². The number of benzene rings is 1. The van der Waals surface area contributed by atoms with Crippen molar-refractivity contribution < 1.29 is 9.53 Å². The third-order valence-electron chi connectivity index (χ3n) is 3.82. The molecule has 0 N–H and O–H groups in total. The fraction of sp³-hybridized carbons (Fsp3) is 0.278. The fourth-order valence-electron chi connectivity index (χ4n) is 2.47.